The Bertz CT molecular complexity index is 968. The van der Waals surface area contributed by atoms with Crippen LogP contribution in [0.5, 0.6) is 5.75 Å². The number of methoxy groups -OCH3 is 1. The first-order chi connectivity index (χ1) is 13.0. The largest absolute Gasteiger partial charge is 0.494 e. The molecule has 1 aromatic heterocycles. The van der Waals surface area contributed by atoms with Crippen LogP contribution in [0.15, 0.2) is 53.1 Å². The molecule has 0 fully saturated rings. The zero-order chi connectivity index (χ0) is 19.2. The Labute approximate surface area is 153 Å². The standard InChI is InChI=1S/C19H14F2N2O4/c1-25-16-8-2-12(10-15(16)21)3-9-18(24)26-11-17-22-19(23-27-17)13-4-6-14(20)7-5-13/h2-10H,11H2,1H3/b9-3+. The van der Waals surface area contributed by atoms with E-state index in [1.165, 1.54) is 49.6 Å². The molecule has 0 aliphatic carbocycles. The van der Waals surface area contributed by atoms with Gasteiger partial charge in [-0.15, -0.1) is 0 Å². The molecule has 0 saturated heterocycles. The maximum atomic E-state index is 13.6. The van der Waals surface area contributed by atoms with E-state index in [9.17, 15) is 13.6 Å². The Morgan fingerprint density at radius 2 is 1.96 bits per heavy atom. The molecule has 3 aromatic rings. The molecule has 27 heavy (non-hydrogen) atoms. The number of carbonyl (C=O) groups is 1. The number of esters is 1. The van der Waals surface area contributed by atoms with Crippen molar-refractivity contribution in [3.05, 3.63) is 71.6 Å². The summed E-state index contributed by atoms with van der Waals surface area (Å²) in [6, 6.07) is 9.85. The first-order valence-electron chi connectivity index (χ1n) is 7.82. The summed E-state index contributed by atoms with van der Waals surface area (Å²) < 4.78 is 41.3. The molecule has 0 unspecified atom stereocenters. The summed E-state index contributed by atoms with van der Waals surface area (Å²) in [4.78, 5) is 15.8. The average molecular weight is 372 g/mol. The van der Waals surface area contributed by atoms with E-state index in [0.29, 0.717) is 11.1 Å². The van der Waals surface area contributed by atoms with Crippen molar-refractivity contribution in [3.8, 4) is 17.1 Å². The van der Waals surface area contributed by atoms with Gasteiger partial charge in [-0.3, -0.25) is 0 Å². The maximum Gasteiger partial charge on any atom is 0.331 e. The highest BCUT2D eigenvalue weighted by Crippen LogP contribution is 2.19. The number of hydrogen-bond acceptors (Lipinski definition) is 6. The van der Waals surface area contributed by atoms with Crippen LogP contribution in [-0.2, 0) is 16.1 Å². The molecule has 0 amide bonds. The molecule has 0 N–H and O–H groups in total. The molecular formula is C19H14F2N2O4. The van der Waals surface area contributed by atoms with Gasteiger partial charge in [0.1, 0.15) is 5.82 Å². The smallest absolute Gasteiger partial charge is 0.331 e. The summed E-state index contributed by atoms with van der Waals surface area (Å²) in [5, 5.41) is 3.74. The summed E-state index contributed by atoms with van der Waals surface area (Å²) in [5.41, 5.74) is 1.04. The van der Waals surface area contributed by atoms with Crippen LogP contribution >= 0.6 is 0 Å². The van der Waals surface area contributed by atoms with Crippen molar-refractivity contribution in [2.45, 2.75) is 6.61 Å². The quantitative estimate of drug-likeness (QED) is 0.484. The molecule has 2 aromatic carbocycles. The molecule has 1 heterocycles. The Kier molecular flexibility index (Phi) is 5.55. The summed E-state index contributed by atoms with van der Waals surface area (Å²) in [7, 11) is 1.37. The molecule has 3 rings (SSSR count). The van der Waals surface area contributed by atoms with Gasteiger partial charge in [-0.25, -0.2) is 13.6 Å². The number of benzene rings is 2. The molecule has 0 atom stereocenters. The molecule has 0 saturated carbocycles. The van der Waals surface area contributed by atoms with E-state index in [2.05, 4.69) is 10.1 Å². The summed E-state index contributed by atoms with van der Waals surface area (Å²) in [6.45, 7) is -0.228. The van der Waals surface area contributed by atoms with Crippen LogP contribution in [0, 0.1) is 11.6 Å². The number of hydrogen-bond donors (Lipinski definition) is 0. The Morgan fingerprint density at radius 3 is 2.67 bits per heavy atom. The highest BCUT2D eigenvalue weighted by atomic mass is 19.1. The highest BCUT2D eigenvalue weighted by molar-refractivity contribution is 5.87. The van der Waals surface area contributed by atoms with Crippen LogP contribution < -0.4 is 4.74 Å². The van der Waals surface area contributed by atoms with E-state index in [-0.39, 0.29) is 29.9 Å². The number of carbonyl (C=O) groups excluding carboxylic acids is 1. The van der Waals surface area contributed by atoms with Crippen LogP contribution in [0.25, 0.3) is 17.5 Å². The van der Waals surface area contributed by atoms with E-state index in [4.69, 9.17) is 14.0 Å². The second-order valence-electron chi connectivity index (χ2n) is 5.35. The number of nitrogens with zero attached hydrogens (tertiary/aromatic N) is 2. The lowest BCUT2D eigenvalue weighted by Crippen LogP contribution is -2.01. The zero-order valence-corrected chi connectivity index (χ0v) is 14.2. The van der Waals surface area contributed by atoms with Gasteiger partial charge in [0, 0.05) is 11.6 Å². The van der Waals surface area contributed by atoms with Crippen molar-refractivity contribution in [2.75, 3.05) is 7.11 Å². The Morgan fingerprint density at radius 1 is 1.19 bits per heavy atom. The van der Waals surface area contributed by atoms with Crippen LogP contribution in [-0.4, -0.2) is 23.2 Å². The van der Waals surface area contributed by atoms with Crippen molar-refractivity contribution in [1.29, 1.82) is 0 Å². The lowest BCUT2D eigenvalue weighted by atomic mass is 10.2. The zero-order valence-electron chi connectivity index (χ0n) is 14.2. The normalized spacial score (nSPS) is 10.9. The van der Waals surface area contributed by atoms with E-state index in [1.807, 2.05) is 0 Å². The fourth-order valence-electron chi connectivity index (χ4n) is 2.16. The van der Waals surface area contributed by atoms with Crippen molar-refractivity contribution in [1.82, 2.24) is 10.1 Å². The van der Waals surface area contributed by atoms with Gasteiger partial charge < -0.3 is 14.0 Å². The van der Waals surface area contributed by atoms with E-state index < -0.39 is 11.8 Å². The molecule has 0 aliphatic rings. The van der Waals surface area contributed by atoms with E-state index >= 15 is 0 Å². The third kappa shape index (κ3) is 4.75. The molecule has 6 nitrogen and oxygen atoms in total. The number of rotatable bonds is 6. The fraction of sp³-hybridized carbons (Fsp3) is 0.105. The van der Waals surface area contributed by atoms with E-state index in [0.717, 1.165) is 6.08 Å². The van der Waals surface area contributed by atoms with Crippen LogP contribution in [0.3, 0.4) is 0 Å². The number of aromatic nitrogens is 2. The van der Waals surface area contributed by atoms with Crippen molar-refractivity contribution in [2.24, 2.45) is 0 Å². The minimum absolute atomic E-state index is 0.0894. The van der Waals surface area contributed by atoms with Crippen molar-refractivity contribution >= 4 is 12.0 Å². The van der Waals surface area contributed by atoms with Gasteiger partial charge in [-0.1, -0.05) is 11.2 Å². The Hall–Kier alpha value is -3.55. The Balaban J connectivity index is 1.56. The predicted molar refractivity (Wildman–Crippen MR) is 91.5 cm³/mol. The van der Waals surface area contributed by atoms with Gasteiger partial charge in [0.05, 0.1) is 7.11 Å². The minimum atomic E-state index is -0.659. The molecule has 0 bridgehead atoms. The summed E-state index contributed by atoms with van der Waals surface area (Å²) >= 11 is 0. The summed E-state index contributed by atoms with van der Waals surface area (Å²) in [5.74, 6) is -1.11. The first kappa shape index (κ1) is 18.2. The molecule has 8 heteroatoms. The summed E-state index contributed by atoms with van der Waals surface area (Å²) in [6.07, 6.45) is 2.56. The molecular weight excluding hydrogens is 358 g/mol. The van der Waals surface area contributed by atoms with E-state index in [1.54, 1.807) is 6.07 Å². The SMILES string of the molecule is COc1ccc(/C=C/C(=O)OCc2nc(-c3ccc(F)cc3)no2)cc1F. The molecule has 0 radical (unpaired) electrons. The maximum absolute atomic E-state index is 13.6. The predicted octanol–water partition coefficient (Wildman–Crippen LogP) is 3.78. The molecule has 0 spiro atoms. The lowest BCUT2D eigenvalue weighted by molar-refractivity contribution is -0.139. The number of halogens is 2. The third-order valence-electron chi connectivity index (χ3n) is 3.50. The van der Waals surface area contributed by atoms with Gasteiger partial charge in [-0.05, 0) is 48.0 Å². The van der Waals surface area contributed by atoms with Gasteiger partial charge in [0.25, 0.3) is 5.89 Å². The van der Waals surface area contributed by atoms with Gasteiger partial charge in [0.2, 0.25) is 5.82 Å². The monoisotopic (exact) mass is 372 g/mol. The average Bonchev–Trinajstić information content (AvgIpc) is 3.14. The van der Waals surface area contributed by atoms with Crippen LogP contribution in [0.2, 0.25) is 0 Å². The fourth-order valence-corrected chi connectivity index (χ4v) is 2.16. The lowest BCUT2D eigenvalue weighted by Gasteiger charge is -2.02. The molecule has 0 aliphatic heterocycles. The van der Waals surface area contributed by atoms with Gasteiger partial charge >= 0.3 is 5.97 Å². The first-order valence-corrected chi connectivity index (χ1v) is 7.82. The van der Waals surface area contributed by atoms with Crippen LogP contribution in [0.4, 0.5) is 8.78 Å². The second-order valence-corrected chi connectivity index (χ2v) is 5.35. The second kappa shape index (κ2) is 8.22. The molecule has 138 valence electrons. The third-order valence-corrected chi connectivity index (χ3v) is 3.50. The van der Waals surface area contributed by atoms with Gasteiger partial charge in [-0.2, -0.15) is 4.98 Å². The van der Waals surface area contributed by atoms with Crippen molar-refractivity contribution in [3.63, 3.8) is 0 Å². The highest BCUT2D eigenvalue weighted by Gasteiger charge is 2.10. The van der Waals surface area contributed by atoms with Crippen LogP contribution in [0.1, 0.15) is 11.5 Å². The van der Waals surface area contributed by atoms with Crippen molar-refractivity contribution < 1.29 is 27.6 Å². The topological polar surface area (TPSA) is 74.5 Å². The minimum Gasteiger partial charge on any atom is -0.494 e. The number of ether oxygens (including phenoxy) is 2. The van der Waals surface area contributed by atoms with Gasteiger partial charge in [0.15, 0.2) is 18.2 Å².